The summed E-state index contributed by atoms with van der Waals surface area (Å²) >= 11 is 0. The zero-order valence-electron chi connectivity index (χ0n) is 15.9. The van der Waals surface area contributed by atoms with Crippen LogP contribution in [-0.4, -0.2) is 44.4 Å². The third kappa shape index (κ3) is 2.84. The number of methoxy groups -OCH3 is 1. The molecule has 1 aromatic heterocycles. The summed E-state index contributed by atoms with van der Waals surface area (Å²) in [4.78, 5) is 6.99. The number of piperidine rings is 1. The number of anilines is 3. The Bertz CT molecular complexity index is 870. The van der Waals surface area contributed by atoms with Gasteiger partial charge in [-0.2, -0.15) is 0 Å². The van der Waals surface area contributed by atoms with E-state index in [1.165, 1.54) is 23.2 Å². The Morgan fingerprint density at radius 1 is 1.30 bits per heavy atom. The van der Waals surface area contributed by atoms with E-state index in [0.29, 0.717) is 24.4 Å². The molecule has 1 aromatic carbocycles. The van der Waals surface area contributed by atoms with Gasteiger partial charge in [0.1, 0.15) is 0 Å². The Morgan fingerprint density at radius 2 is 2.22 bits per heavy atom. The molecule has 2 N–H and O–H groups in total. The summed E-state index contributed by atoms with van der Waals surface area (Å²) in [5.74, 6) is 1.23. The van der Waals surface area contributed by atoms with Gasteiger partial charge in [0.15, 0.2) is 0 Å². The number of aromatic nitrogens is 1. The first-order valence-corrected chi connectivity index (χ1v) is 9.74. The zero-order chi connectivity index (χ0) is 18.4. The van der Waals surface area contributed by atoms with Crippen molar-refractivity contribution in [3.05, 3.63) is 41.1 Å². The van der Waals surface area contributed by atoms with Crippen LogP contribution in [0.25, 0.3) is 0 Å². The summed E-state index contributed by atoms with van der Waals surface area (Å²) in [6.07, 6.45) is 3.02. The molecule has 2 atom stereocenters. The fourth-order valence-corrected chi connectivity index (χ4v) is 4.87. The van der Waals surface area contributed by atoms with Crippen LogP contribution in [0, 0.1) is 6.92 Å². The maximum Gasteiger partial charge on any atom is 0.216 e. The lowest BCUT2D eigenvalue weighted by Crippen LogP contribution is -2.44. The van der Waals surface area contributed by atoms with Gasteiger partial charge in [0.25, 0.3) is 0 Å². The van der Waals surface area contributed by atoms with Crippen LogP contribution < -0.4 is 20.3 Å². The van der Waals surface area contributed by atoms with Gasteiger partial charge in [-0.15, -0.1) is 0 Å². The van der Waals surface area contributed by atoms with Crippen molar-refractivity contribution in [2.75, 3.05) is 43.6 Å². The predicted octanol–water partition coefficient (Wildman–Crippen LogP) is 2.94. The number of ether oxygens (including phenoxy) is 2. The first-order chi connectivity index (χ1) is 13.2. The minimum atomic E-state index is 0.558. The molecular formula is C21H26N4O2. The number of rotatable bonds is 3. The fraction of sp³-hybridized carbons (Fsp3) is 0.476. The Kier molecular flexibility index (Phi) is 4.17. The van der Waals surface area contributed by atoms with Crippen molar-refractivity contribution >= 4 is 17.1 Å². The van der Waals surface area contributed by atoms with E-state index < -0.39 is 0 Å². The van der Waals surface area contributed by atoms with Crippen LogP contribution in [0.4, 0.5) is 17.1 Å². The van der Waals surface area contributed by atoms with E-state index in [2.05, 4.69) is 38.7 Å². The molecule has 0 saturated carbocycles. The zero-order valence-corrected chi connectivity index (χ0v) is 15.9. The van der Waals surface area contributed by atoms with E-state index in [9.17, 15) is 0 Å². The van der Waals surface area contributed by atoms with Gasteiger partial charge in [0.05, 0.1) is 32.2 Å². The van der Waals surface area contributed by atoms with Crippen LogP contribution >= 0.6 is 0 Å². The Morgan fingerprint density at radius 3 is 3.07 bits per heavy atom. The monoisotopic (exact) mass is 366 g/mol. The third-order valence-corrected chi connectivity index (χ3v) is 6.00. The normalized spacial score (nSPS) is 23.4. The number of fused-ring (bicyclic) bond motifs is 3. The van der Waals surface area contributed by atoms with Crippen LogP contribution in [0.5, 0.6) is 5.88 Å². The van der Waals surface area contributed by atoms with E-state index in [-0.39, 0.29) is 0 Å². The topological polar surface area (TPSA) is 58.7 Å². The van der Waals surface area contributed by atoms with Crippen LogP contribution in [0.15, 0.2) is 24.4 Å². The van der Waals surface area contributed by atoms with E-state index in [1.54, 1.807) is 7.11 Å². The molecule has 4 heterocycles. The molecule has 0 aliphatic carbocycles. The van der Waals surface area contributed by atoms with E-state index in [1.807, 2.05) is 13.1 Å². The molecule has 5 rings (SSSR count). The molecule has 6 heteroatoms. The van der Waals surface area contributed by atoms with Crippen LogP contribution in [0.1, 0.15) is 29.0 Å². The number of nitrogens with zero attached hydrogens (tertiary/aromatic N) is 2. The van der Waals surface area contributed by atoms with Gasteiger partial charge < -0.3 is 25.0 Å². The second-order valence-corrected chi connectivity index (χ2v) is 7.66. The van der Waals surface area contributed by atoms with Crippen molar-refractivity contribution in [3.63, 3.8) is 0 Å². The van der Waals surface area contributed by atoms with Gasteiger partial charge in [-0.05, 0) is 43.7 Å². The summed E-state index contributed by atoms with van der Waals surface area (Å²) in [5.41, 5.74) is 7.26. The lowest BCUT2D eigenvalue weighted by atomic mass is 9.89. The summed E-state index contributed by atoms with van der Waals surface area (Å²) < 4.78 is 11.2. The molecule has 1 fully saturated rings. The highest BCUT2D eigenvalue weighted by Gasteiger charge is 2.41. The van der Waals surface area contributed by atoms with Crippen molar-refractivity contribution in [1.82, 2.24) is 10.3 Å². The molecule has 0 amide bonds. The molecule has 0 radical (unpaired) electrons. The lowest BCUT2D eigenvalue weighted by Gasteiger charge is -2.33. The number of hydrogen-bond acceptors (Lipinski definition) is 6. The van der Waals surface area contributed by atoms with Gasteiger partial charge >= 0.3 is 0 Å². The van der Waals surface area contributed by atoms with Crippen molar-refractivity contribution in [2.24, 2.45) is 0 Å². The smallest absolute Gasteiger partial charge is 0.216 e. The molecule has 27 heavy (non-hydrogen) atoms. The van der Waals surface area contributed by atoms with Gasteiger partial charge in [-0.3, -0.25) is 0 Å². The van der Waals surface area contributed by atoms with Crippen molar-refractivity contribution in [2.45, 2.75) is 31.9 Å². The Hall–Kier alpha value is -2.31. The maximum absolute atomic E-state index is 5.90. The van der Waals surface area contributed by atoms with E-state index in [0.717, 1.165) is 43.2 Å². The first-order valence-electron chi connectivity index (χ1n) is 9.74. The van der Waals surface area contributed by atoms with Crippen LogP contribution in [-0.2, 0) is 11.3 Å². The highest BCUT2D eigenvalue weighted by atomic mass is 16.5. The predicted molar refractivity (Wildman–Crippen MR) is 106 cm³/mol. The number of nitrogens with one attached hydrogen (secondary N) is 2. The molecule has 1 saturated heterocycles. The third-order valence-electron chi connectivity index (χ3n) is 6.00. The molecule has 2 aromatic rings. The second kappa shape index (κ2) is 6.69. The lowest BCUT2D eigenvalue weighted by molar-refractivity contribution is 0.130. The van der Waals surface area contributed by atoms with Crippen molar-refractivity contribution < 1.29 is 9.47 Å². The molecule has 0 bridgehead atoms. The number of aryl methyl sites for hydroxylation is 1. The largest absolute Gasteiger partial charge is 0.481 e. The summed E-state index contributed by atoms with van der Waals surface area (Å²) in [7, 11) is 1.65. The molecule has 0 spiro atoms. The Labute approximate surface area is 159 Å². The fourth-order valence-electron chi connectivity index (χ4n) is 4.87. The van der Waals surface area contributed by atoms with Gasteiger partial charge in [0.2, 0.25) is 5.88 Å². The second-order valence-electron chi connectivity index (χ2n) is 7.66. The van der Waals surface area contributed by atoms with Crippen LogP contribution in [0.2, 0.25) is 0 Å². The van der Waals surface area contributed by atoms with Crippen molar-refractivity contribution in [3.8, 4) is 5.88 Å². The van der Waals surface area contributed by atoms with Gasteiger partial charge in [-0.1, -0.05) is 0 Å². The summed E-state index contributed by atoms with van der Waals surface area (Å²) in [6.45, 7) is 6.65. The average Bonchev–Trinajstić information content (AvgIpc) is 2.83. The SMILES string of the molecule is COc1ncc(Nc2cc3c4c(c2)[C@@H]2CNCC[C@@H]2N4CCOC3)cc1C. The van der Waals surface area contributed by atoms with E-state index in [4.69, 9.17) is 9.47 Å². The number of pyridine rings is 1. The highest BCUT2D eigenvalue weighted by molar-refractivity contribution is 5.74. The number of hydrogen-bond donors (Lipinski definition) is 2. The van der Waals surface area contributed by atoms with Crippen molar-refractivity contribution in [1.29, 1.82) is 0 Å². The average molecular weight is 366 g/mol. The molecular weight excluding hydrogens is 340 g/mol. The molecule has 3 aliphatic rings. The quantitative estimate of drug-likeness (QED) is 0.871. The summed E-state index contributed by atoms with van der Waals surface area (Å²) in [6, 6.07) is 7.24. The highest BCUT2D eigenvalue weighted by Crippen LogP contribution is 2.47. The standard InChI is InChI=1S/C21H26N4O2/c1-13-7-16(10-23-21(13)26-2)24-15-8-14-12-27-6-5-25-19-3-4-22-11-18(19)17(9-15)20(14)25/h7-10,18-19,22,24H,3-6,11-12H2,1-2H3/t18-,19-/m0/s1. The van der Waals surface area contributed by atoms with Gasteiger partial charge in [-0.25, -0.2) is 4.98 Å². The first kappa shape index (κ1) is 16.8. The Balaban J connectivity index is 1.53. The minimum Gasteiger partial charge on any atom is -0.481 e. The number of benzene rings is 1. The maximum atomic E-state index is 5.90. The van der Waals surface area contributed by atoms with Crippen LogP contribution in [0.3, 0.4) is 0 Å². The molecule has 3 aliphatic heterocycles. The molecule has 0 unspecified atom stereocenters. The van der Waals surface area contributed by atoms with Gasteiger partial charge in [0, 0.05) is 47.6 Å². The molecule has 142 valence electrons. The molecule has 6 nitrogen and oxygen atoms in total. The summed E-state index contributed by atoms with van der Waals surface area (Å²) in [5, 5.41) is 7.13. The minimum absolute atomic E-state index is 0.558. The van der Waals surface area contributed by atoms with E-state index >= 15 is 0 Å².